The number of nitrogens with zero attached hydrogens (tertiary/aromatic N) is 3. The molecule has 4 atom stereocenters. The van der Waals surface area contributed by atoms with Gasteiger partial charge in [0.2, 0.25) is 0 Å². The molecule has 28 heavy (non-hydrogen) atoms. The summed E-state index contributed by atoms with van der Waals surface area (Å²) in [6, 6.07) is 9.09. The number of fused-ring (bicyclic) bond motifs is 3. The molecule has 2 aromatic rings. The normalized spacial score (nSPS) is 33.2. The third-order valence-electron chi connectivity index (χ3n) is 6.96. The monoisotopic (exact) mass is 394 g/mol. The summed E-state index contributed by atoms with van der Waals surface area (Å²) in [5.74, 6) is 4.07. The summed E-state index contributed by atoms with van der Waals surface area (Å²) in [5, 5.41) is 1.05. The van der Waals surface area contributed by atoms with E-state index >= 15 is 0 Å². The van der Waals surface area contributed by atoms with Gasteiger partial charge >= 0.3 is 0 Å². The lowest BCUT2D eigenvalue weighted by Gasteiger charge is -2.46. The molecular weight excluding hydrogens is 368 g/mol. The van der Waals surface area contributed by atoms with E-state index in [0.29, 0.717) is 12.1 Å². The van der Waals surface area contributed by atoms with Crippen LogP contribution in [0.5, 0.6) is 5.75 Å². The first-order valence-electron chi connectivity index (χ1n) is 10.5. The molecule has 0 unspecified atom stereocenters. The number of hydrogen-bond acceptors (Lipinski definition) is 6. The zero-order valence-corrected chi connectivity index (χ0v) is 16.8. The van der Waals surface area contributed by atoms with E-state index in [-0.39, 0.29) is 11.6 Å². The maximum absolute atomic E-state index is 6.70. The SMILES string of the molecule is N[C@@H]1c2ccccc2O[C@]12C[C@H]1CC[C@@H](C2)N1c1cnc(SCC2CC2)cn1. The molecule has 1 spiro atoms. The van der Waals surface area contributed by atoms with Crippen LogP contribution in [0.1, 0.15) is 50.1 Å². The van der Waals surface area contributed by atoms with Crippen LogP contribution in [0.25, 0.3) is 0 Å². The van der Waals surface area contributed by atoms with Gasteiger partial charge in [-0.05, 0) is 37.7 Å². The summed E-state index contributed by atoms with van der Waals surface area (Å²) in [6.07, 6.45) is 11.0. The Morgan fingerprint density at radius 2 is 1.86 bits per heavy atom. The quantitative estimate of drug-likeness (QED) is 0.793. The Morgan fingerprint density at radius 3 is 2.54 bits per heavy atom. The van der Waals surface area contributed by atoms with Crippen LogP contribution < -0.4 is 15.4 Å². The highest BCUT2D eigenvalue weighted by atomic mass is 32.2. The maximum atomic E-state index is 6.70. The van der Waals surface area contributed by atoms with Gasteiger partial charge < -0.3 is 15.4 Å². The van der Waals surface area contributed by atoms with Crippen LogP contribution in [0.15, 0.2) is 41.7 Å². The fraction of sp³-hybridized carbons (Fsp3) is 0.545. The molecular formula is C22H26N4OS. The Balaban J connectivity index is 1.21. The molecule has 2 bridgehead atoms. The summed E-state index contributed by atoms with van der Waals surface area (Å²) in [5.41, 5.74) is 7.60. The number of aromatic nitrogens is 2. The van der Waals surface area contributed by atoms with Gasteiger partial charge in [0.15, 0.2) is 0 Å². The lowest BCUT2D eigenvalue weighted by Crippen LogP contribution is -2.56. The highest BCUT2D eigenvalue weighted by Gasteiger charge is 2.56. The lowest BCUT2D eigenvalue weighted by molar-refractivity contribution is 0.0272. The second-order valence-corrected chi connectivity index (χ2v) is 9.89. The van der Waals surface area contributed by atoms with Crippen LogP contribution in [-0.4, -0.2) is 33.4 Å². The van der Waals surface area contributed by atoms with Crippen molar-refractivity contribution in [2.45, 2.75) is 67.3 Å². The van der Waals surface area contributed by atoms with Gasteiger partial charge in [0, 0.05) is 36.2 Å². The second-order valence-electron chi connectivity index (χ2n) is 8.85. The molecule has 5 nitrogen and oxygen atoms in total. The highest BCUT2D eigenvalue weighted by molar-refractivity contribution is 7.99. The predicted molar refractivity (Wildman–Crippen MR) is 111 cm³/mol. The number of hydrogen-bond donors (Lipinski definition) is 1. The van der Waals surface area contributed by atoms with E-state index in [1.165, 1.54) is 31.4 Å². The third kappa shape index (κ3) is 2.72. The van der Waals surface area contributed by atoms with E-state index in [0.717, 1.165) is 40.9 Å². The van der Waals surface area contributed by atoms with Crippen molar-refractivity contribution < 1.29 is 4.74 Å². The molecule has 1 aliphatic carbocycles. The molecule has 3 fully saturated rings. The Bertz CT molecular complexity index is 870. The van der Waals surface area contributed by atoms with Crippen LogP contribution in [0, 0.1) is 5.92 Å². The molecule has 1 aromatic carbocycles. The minimum Gasteiger partial charge on any atom is -0.485 e. The van der Waals surface area contributed by atoms with Crippen LogP contribution in [-0.2, 0) is 0 Å². The summed E-state index contributed by atoms with van der Waals surface area (Å²) >= 11 is 1.84. The van der Waals surface area contributed by atoms with Crippen molar-refractivity contribution in [3.63, 3.8) is 0 Å². The van der Waals surface area contributed by atoms with Crippen molar-refractivity contribution in [1.82, 2.24) is 9.97 Å². The second kappa shape index (κ2) is 6.36. The summed E-state index contributed by atoms with van der Waals surface area (Å²) in [4.78, 5) is 12.0. The first-order valence-corrected chi connectivity index (χ1v) is 11.5. The number of anilines is 1. The minimum absolute atomic E-state index is 0.0405. The van der Waals surface area contributed by atoms with E-state index in [4.69, 9.17) is 15.5 Å². The van der Waals surface area contributed by atoms with Gasteiger partial charge in [-0.3, -0.25) is 0 Å². The summed E-state index contributed by atoms with van der Waals surface area (Å²) in [7, 11) is 0. The molecule has 4 aliphatic rings. The van der Waals surface area contributed by atoms with Gasteiger partial charge in [0.1, 0.15) is 22.2 Å². The average Bonchev–Trinajstić information content (AvgIpc) is 3.46. The fourth-order valence-electron chi connectivity index (χ4n) is 5.36. The zero-order valence-electron chi connectivity index (χ0n) is 16.0. The van der Waals surface area contributed by atoms with Crippen molar-refractivity contribution in [3.05, 3.63) is 42.2 Å². The van der Waals surface area contributed by atoms with Crippen molar-refractivity contribution in [2.75, 3.05) is 10.7 Å². The van der Waals surface area contributed by atoms with Gasteiger partial charge in [-0.2, -0.15) is 0 Å². The molecule has 4 heterocycles. The Morgan fingerprint density at radius 1 is 1.07 bits per heavy atom. The van der Waals surface area contributed by atoms with Crippen LogP contribution >= 0.6 is 11.8 Å². The standard InChI is InChI=1S/C22H26N4OS/c23-21-17-3-1-2-4-18(17)27-22(21)9-15-7-8-16(10-22)26(15)19-11-25-20(12-24-19)28-13-14-5-6-14/h1-4,11-12,14-16,21H,5-10,13,23H2/t15-,16+,21-,22+/m1/s1. The van der Waals surface area contributed by atoms with E-state index in [2.05, 4.69) is 28.1 Å². The number of thioether (sulfide) groups is 1. The predicted octanol–water partition coefficient (Wildman–Crippen LogP) is 3.94. The van der Waals surface area contributed by atoms with Crippen molar-refractivity contribution in [2.24, 2.45) is 11.7 Å². The van der Waals surface area contributed by atoms with Gasteiger partial charge in [-0.25, -0.2) is 9.97 Å². The molecule has 0 amide bonds. The molecule has 1 saturated carbocycles. The number of nitrogens with two attached hydrogens (primary N) is 1. The molecule has 6 rings (SSSR count). The highest BCUT2D eigenvalue weighted by Crippen LogP contribution is 2.53. The smallest absolute Gasteiger partial charge is 0.147 e. The van der Waals surface area contributed by atoms with Gasteiger partial charge in [0.25, 0.3) is 0 Å². The van der Waals surface area contributed by atoms with Crippen molar-refractivity contribution in [1.29, 1.82) is 0 Å². The molecule has 1 aromatic heterocycles. The zero-order chi connectivity index (χ0) is 18.7. The largest absolute Gasteiger partial charge is 0.485 e. The van der Waals surface area contributed by atoms with Crippen LogP contribution in [0.2, 0.25) is 0 Å². The third-order valence-corrected chi connectivity index (χ3v) is 8.10. The topological polar surface area (TPSA) is 64.3 Å². The van der Waals surface area contributed by atoms with Gasteiger partial charge in [-0.1, -0.05) is 18.2 Å². The first kappa shape index (κ1) is 17.1. The number of ether oxygens (including phenoxy) is 1. The summed E-state index contributed by atoms with van der Waals surface area (Å²) < 4.78 is 6.50. The Kier molecular flexibility index (Phi) is 3.88. The molecule has 6 heteroatoms. The van der Waals surface area contributed by atoms with E-state index in [9.17, 15) is 0 Å². The number of piperidine rings is 1. The Hall–Kier alpha value is -1.79. The summed E-state index contributed by atoms with van der Waals surface area (Å²) in [6.45, 7) is 0. The van der Waals surface area contributed by atoms with E-state index in [1.807, 2.05) is 30.2 Å². The first-order chi connectivity index (χ1) is 13.7. The van der Waals surface area contributed by atoms with Gasteiger partial charge in [0.05, 0.1) is 18.4 Å². The van der Waals surface area contributed by atoms with Gasteiger partial charge in [-0.15, -0.1) is 11.8 Å². The van der Waals surface area contributed by atoms with Crippen molar-refractivity contribution >= 4 is 17.6 Å². The number of benzene rings is 1. The molecule has 3 aliphatic heterocycles. The number of para-hydroxylation sites is 1. The molecule has 2 saturated heterocycles. The Labute approximate surface area is 170 Å². The number of rotatable bonds is 4. The molecule has 2 N–H and O–H groups in total. The lowest BCUT2D eigenvalue weighted by atomic mass is 9.79. The van der Waals surface area contributed by atoms with Crippen LogP contribution in [0.4, 0.5) is 5.82 Å². The van der Waals surface area contributed by atoms with E-state index < -0.39 is 0 Å². The maximum Gasteiger partial charge on any atom is 0.147 e. The fourth-order valence-corrected chi connectivity index (χ4v) is 6.35. The average molecular weight is 395 g/mol. The molecule has 146 valence electrons. The molecule has 0 radical (unpaired) electrons. The van der Waals surface area contributed by atoms with Crippen LogP contribution in [0.3, 0.4) is 0 Å². The van der Waals surface area contributed by atoms with Crippen molar-refractivity contribution in [3.8, 4) is 5.75 Å². The van der Waals surface area contributed by atoms with E-state index in [1.54, 1.807) is 0 Å². The minimum atomic E-state index is -0.264.